The van der Waals surface area contributed by atoms with E-state index >= 15 is 0 Å². The number of methoxy groups -OCH3 is 2. The summed E-state index contributed by atoms with van der Waals surface area (Å²) in [4.78, 5) is 27.1. The Bertz CT molecular complexity index is 1830. The molecule has 10 nitrogen and oxygen atoms in total. The predicted octanol–water partition coefficient (Wildman–Crippen LogP) is 7.18. The van der Waals surface area contributed by atoms with Gasteiger partial charge in [0.05, 0.1) is 47.2 Å². The lowest BCUT2D eigenvalue weighted by molar-refractivity contribution is -0.451. The number of rotatable bonds is 14. The molecule has 1 saturated carbocycles. The van der Waals surface area contributed by atoms with E-state index in [0.717, 1.165) is 31.2 Å². The highest BCUT2D eigenvalue weighted by Gasteiger charge is 2.61. The summed E-state index contributed by atoms with van der Waals surface area (Å²) in [5.41, 5.74) is 2.32. The Morgan fingerprint density at radius 3 is 2.22 bits per heavy atom. The van der Waals surface area contributed by atoms with E-state index in [4.69, 9.17) is 33.4 Å². The second kappa shape index (κ2) is 17.8. The molecule has 4 aromatic carbocycles. The van der Waals surface area contributed by atoms with Crippen LogP contribution >= 0.6 is 0 Å². The first-order valence-electron chi connectivity index (χ1n) is 19.4. The lowest BCUT2D eigenvalue weighted by Gasteiger charge is -2.44. The minimum absolute atomic E-state index is 0.00453. The van der Waals surface area contributed by atoms with Crippen molar-refractivity contribution in [1.29, 1.82) is 0 Å². The molecule has 1 aliphatic carbocycles. The standard InChI is InChI=1S/C44H53NO9Si/c1-48-37-25-24-30(26-38(37)49-2)28-50-29-35(46)42-43(55(3,4)33-20-12-7-13-21-33)41-39(52-44(47)32-18-10-6-11-19-32)27-40(53-45(41)54-42)51-36-23-15-14-22-34(36)31-16-8-5-9-17-31/h5-13,16-21,24-26,34-36,39-43,46H,14-15,22-23,27-29H2,1-4H3/t34-,35+,36+,39-,40-,41-,42-,43-/m1/s1. The normalized spacial score (nSPS) is 26.2. The van der Waals surface area contributed by atoms with E-state index in [2.05, 4.69) is 49.5 Å². The van der Waals surface area contributed by atoms with Gasteiger partial charge in [-0.3, -0.25) is 4.84 Å². The van der Waals surface area contributed by atoms with Crippen LogP contribution in [0.15, 0.2) is 109 Å². The molecule has 0 aromatic heterocycles. The maximum atomic E-state index is 13.8. The second-order valence-electron chi connectivity index (χ2n) is 15.3. The van der Waals surface area contributed by atoms with E-state index in [1.54, 1.807) is 26.4 Å². The lowest BCUT2D eigenvalue weighted by atomic mass is 9.81. The molecule has 1 N–H and O–H groups in total. The largest absolute Gasteiger partial charge is 0.493 e. The summed E-state index contributed by atoms with van der Waals surface area (Å²) in [7, 11) is 0.666. The summed E-state index contributed by atoms with van der Waals surface area (Å²) in [6.45, 7) is 4.80. The lowest BCUT2D eigenvalue weighted by Crippen LogP contribution is -2.60. The van der Waals surface area contributed by atoms with Crippen LogP contribution in [-0.4, -0.2) is 82.0 Å². The monoisotopic (exact) mass is 767 g/mol. The summed E-state index contributed by atoms with van der Waals surface area (Å²) in [5.74, 6) is 1.02. The third-order valence-corrected chi connectivity index (χ3v) is 15.6. The Kier molecular flexibility index (Phi) is 12.7. The number of fused-ring (bicyclic) bond motifs is 1. The Labute approximate surface area is 325 Å². The number of carbonyl (C=O) groups is 1. The van der Waals surface area contributed by atoms with Crippen molar-refractivity contribution in [2.24, 2.45) is 0 Å². The molecule has 2 saturated heterocycles. The van der Waals surface area contributed by atoms with E-state index in [1.807, 2.05) is 60.7 Å². The molecule has 55 heavy (non-hydrogen) atoms. The molecule has 0 radical (unpaired) electrons. The zero-order valence-corrected chi connectivity index (χ0v) is 33.1. The van der Waals surface area contributed by atoms with Crippen LogP contribution in [0.5, 0.6) is 11.5 Å². The SMILES string of the molecule is COc1ccc(COC[C@H](O)[C@H]2ON3O[C@@H](O[C@H]4CCCC[C@@H]4c4ccccc4)C[C@@H](OC(=O)c4ccccc4)[C@@H]3[C@H]2[Si](C)(C)c2ccccc2)cc1OC. The van der Waals surface area contributed by atoms with Crippen molar-refractivity contribution >= 4 is 19.2 Å². The molecule has 0 bridgehead atoms. The number of benzene rings is 4. The van der Waals surface area contributed by atoms with E-state index < -0.39 is 44.7 Å². The van der Waals surface area contributed by atoms with Gasteiger partial charge in [-0.2, -0.15) is 0 Å². The second-order valence-corrected chi connectivity index (χ2v) is 20.0. The highest BCUT2D eigenvalue weighted by molar-refractivity contribution is 6.91. The Balaban J connectivity index is 1.17. The highest BCUT2D eigenvalue weighted by Crippen LogP contribution is 2.48. The van der Waals surface area contributed by atoms with Gasteiger partial charge in [0.2, 0.25) is 0 Å². The van der Waals surface area contributed by atoms with E-state index in [1.165, 1.54) is 16.0 Å². The number of hydroxylamine groups is 2. The van der Waals surface area contributed by atoms with E-state index in [9.17, 15) is 9.90 Å². The third-order valence-electron chi connectivity index (χ3n) is 11.5. The molecular formula is C44H53NO9Si. The van der Waals surface area contributed by atoms with Gasteiger partial charge < -0.3 is 28.8 Å². The summed E-state index contributed by atoms with van der Waals surface area (Å²) in [6, 6.07) is 35.0. The zero-order valence-electron chi connectivity index (χ0n) is 32.1. The maximum absolute atomic E-state index is 13.8. The van der Waals surface area contributed by atoms with Crippen LogP contribution in [-0.2, 0) is 30.5 Å². The van der Waals surface area contributed by atoms with Gasteiger partial charge in [0.1, 0.15) is 24.4 Å². The van der Waals surface area contributed by atoms with Gasteiger partial charge in [-0.1, -0.05) is 121 Å². The van der Waals surface area contributed by atoms with Crippen molar-refractivity contribution in [2.75, 3.05) is 20.8 Å². The predicted molar refractivity (Wildman–Crippen MR) is 211 cm³/mol. The first-order valence-corrected chi connectivity index (χ1v) is 22.5. The number of carbonyl (C=O) groups excluding carboxylic acids is 1. The molecular weight excluding hydrogens is 715 g/mol. The van der Waals surface area contributed by atoms with Crippen LogP contribution in [0.2, 0.25) is 18.6 Å². The third kappa shape index (κ3) is 8.84. The fraction of sp³-hybridized carbons (Fsp3) is 0.432. The van der Waals surface area contributed by atoms with E-state index in [0.29, 0.717) is 23.5 Å². The van der Waals surface area contributed by atoms with Crippen LogP contribution in [0.3, 0.4) is 0 Å². The van der Waals surface area contributed by atoms with Crippen LogP contribution in [0.4, 0.5) is 0 Å². The molecule has 0 unspecified atom stereocenters. The van der Waals surface area contributed by atoms with Gasteiger partial charge in [0, 0.05) is 17.9 Å². The van der Waals surface area contributed by atoms with Crippen molar-refractivity contribution in [3.8, 4) is 11.5 Å². The Hall–Kier alpha value is -4.07. The average Bonchev–Trinajstić information content (AvgIpc) is 3.63. The average molecular weight is 768 g/mol. The fourth-order valence-electron chi connectivity index (χ4n) is 8.62. The number of hydrogen-bond acceptors (Lipinski definition) is 10. The van der Waals surface area contributed by atoms with Gasteiger partial charge in [-0.05, 0) is 48.2 Å². The van der Waals surface area contributed by atoms with Gasteiger partial charge in [-0.15, -0.1) is 0 Å². The smallest absolute Gasteiger partial charge is 0.338 e. The molecule has 0 spiro atoms. The van der Waals surface area contributed by atoms with Crippen LogP contribution < -0.4 is 14.7 Å². The van der Waals surface area contributed by atoms with Crippen molar-refractivity contribution in [2.45, 2.75) is 100 Å². The highest BCUT2D eigenvalue weighted by atomic mass is 28.3. The van der Waals surface area contributed by atoms with Crippen LogP contribution in [0.25, 0.3) is 0 Å². The molecule has 3 fully saturated rings. The quantitative estimate of drug-likeness (QED) is 0.105. The molecule has 8 atom stereocenters. The minimum atomic E-state index is -2.52. The minimum Gasteiger partial charge on any atom is -0.493 e. The first kappa shape index (κ1) is 39.2. The number of ether oxygens (including phenoxy) is 5. The summed E-state index contributed by atoms with van der Waals surface area (Å²) >= 11 is 0. The molecule has 7 rings (SSSR count). The van der Waals surface area contributed by atoms with Crippen molar-refractivity contribution < 1.29 is 43.3 Å². The van der Waals surface area contributed by atoms with Gasteiger partial charge in [-0.25, -0.2) is 9.63 Å². The Morgan fingerprint density at radius 1 is 0.836 bits per heavy atom. The summed E-state index contributed by atoms with van der Waals surface area (Å²) in [6.07, 6.45) is 1.20. The molecule has 3 aliphatic rings. The first-order chi connectivity index (χ1) is 26.8. The fourth-order valence-corrected chi connectivity index (χ4v) is 12.3. The topological polar surface area (TPSA) is 105 Å². The number of hydrogen-bond donors (Lipinski definition) is 1. The number of esters is 1. The number of nitrogens with zero attached hydrogens (tertiary/aromatic N) is 1. The maximum Gasteiger partial charge on any atom is 0.338 e. The number of aliphatic hydroxyl groups is 1. The van der Waals surface area contributed by atoms with Gasteiger partial charge >= 0.3 is 5.97 Å². The summed E-state index contributed by atoms with van der Waals surface area (Å²) in [5, 5.41) is 14.7. The van der Waals surface area contributed by atoms with E-state index in [-0.39, 0.29) is 30.8 Å². The van der Waals surface area contributed by atoms with Crippen molar-refractivity contribution in [3.63, 3.8) is 0 Å². The molecule has 292 valence electrons. The van der Waals surface area contributed by atoms with Gasteiger partial charge in [0.15, 0.2) is 17.8 Å². The number of aliphatic hydroxyl groups excluding tert-OH is 1. The molecule has 4 aromatic rings. The molecule has 11 heteroatoms. The molecule has 0 amide bonds. The van der Waals surface area contributed by atoms with Crippen molar-refractivity contribution in [3.05, 3.63) is 126 Å². The van der Waals surface area contributed by atoms with Gasteiger partial charge in [0.25, 0.3) is 0 Å². The zero-order chi connectivity index (χ0) is 38.4. The molecule has 2 aliphatic heterocycles. The summed E-state index contributed by atoms with van der Waals surface area (Å²) < 4.78 is 30.3. The molecule has 2 heterocycles. The van der Waals surface area contributed by atoms with Crippen LogP contribution in [0, 0.1) is 0 Å². The Morgan fingerprint density at radius 2 is 1.51 bits per heavy atom. The van der Waals surface area contributed by atoms with Crippen LogP contribution in [0.1, 0.15) is 59.5 Å². The van der Waals surface area contributed by atoms with Crippen molar-refractivity contribution in [1.82, 2.24) is 5.23 Å².